The van der Waals surface area contributed by atoms with Gasteiger partial charge in [0, 0.05) is 18.3 Å². The van der Waals surface area contributed by atoms with E-state index >= 15 is 0 Å². The molecule has 1 atom stereocenters. The van der Waals surface area contributed by atoms with Crippen molar-refractivity contribution < 1.29 is 23.5 Å². The highest BCUT2D eigenvalue weighted by atomic mass is 19.2. The molecule has 0 radical (unpaired) electrons. The van der Waals surface area contributed by atoms with Gasteiger partial charge in [0.25, 0.3) is 0 Å². The second kappa shape index (κ2) is 7.98. The minimum absolute atomic E-state index is 0.107. The number of halogens is 2. The van der Waals surface area contributed by atoms with E-state index in [-0.39, 0.29) is 24.7 Å². The summed E-state index contributed by atoms with van der Waals surface area (Å²) in [4.78, 5) is 25.2. The molecule has 0 spiro atoms. The Morgan fingerprint density at radius 2 is 2.04 bits per heavy atom. The first kappa shape index (κ1) is 17.3. The summed E-state index contributed by atoms with van der Waals surface area (Å²) in [6.07, 6.45) is 1.13. The molecule has 1 fully saturated rings. The number of piperidine rings is 1. The molecule has 0 aromatic heterocycles. The molecule has 1 heterocycles. The van der Waals surface area contributed by atoms with Crippen LogP contribution < -0.4 is 10.6 Å². The third-order valence-corrected chi connectivity index (χ3v) is 3.50. The number of hydrogen-bond acceptors (Lipinski definition) is 4. The lowest BCUT2D eigenvalue weighted by Gasteiger charge is -2.29. The molecular formula is C15H19F2N3O3. The number of nitrogens with zero attached hydrogens (tertiary/aromatic N) is 1. The SMILES string of the molecule is O=C(CN1CCC[C@H](O)C1)NCC(=O)Nc1ccc(F)c(F)c1. The van der Waals surface area contributed by atoms with Crippen molar-refractivity contribution in [1.29, 1.82) is 0 Å². The fourth-order valence-electron chi connectivity index (χ4n) is 2.39. The Hall–Kier alpha value is -2.06. The van der Waals surface area contributed by atoms with Crippen molar-refractivity contribution in [3.05, 3.63) is 29.8 Å². The molecule has 126 valence electrons. The number of aliphatic hydroxyl groups excluding tert-OH is 1. The molecule has 0 unspecified atom stereocenters. The fraction of sp³-hybridized carbons (Fsp3) is 0.467. The topological polar surface area (TPSA) is 81.7 Å². The van der Waals surface area contributed by atoms with E-state index in [0.717, 1.165) is 31.5 Å². The van der Waals surface area contributed by atoms with Gasteiger partial charge in [-0.25, -0.2) is 8.78 Å². The number of benzene rings is 1. The maximum Gasteiger partial charge on any atom is 0.243 e. The van der Waals surface area contributed by atoms with Gasteiger partial charge in [0.2, 0.25) is 11.8 Å². The van der Waals surface area contributed by atoms with Crippen LogP contribution in [-0.4, -0.2) is 54.1 Å². The van der Waals surface area contributed by atoms with Crippen LogP contribution in [0.1, 0.15) is 12.8 Å². The van der Waals surface area contributed by atoms with Crippen LogP contribution in [-0.2, 0) is 9.59 Å². The van der Waals surface area contributed by atoms with E-state index in [1.54, 1.807) is 0 Å². The molecule has 1 aromatic carbocycles. The Morgan fingerprint density at radius 3 is 2.74 bits per heavy atom. The van der Waals surface area contributed by atoms with Crippen LogP contribution in [0.4, 0.5) is 14.5 Å². The molecule has 1 aliphatic heterocycles. The van der Waals surface area contributed by atoms with E-state index in [9.17, 15) is 23.5 Å². The second-order valence-corrected chi connectivity index (χ2v) is 5.48. The minimum Gasteiger partial charge on any atom is -0.392 e. The zero-order valence-electron chi connectivity index (χ0n) is 12.5. The van der Waals surface area contributed by atoms with Crippen LogP contribution in [0.3, 0.4) is 0 Å². The van der Waals surface area contributed by atoms with E-state index in [1.165, 1.54) is 6.07 Å². The fourth-order valence-corrected chi connectivity index (χ4v) is 2.39. The van der Waals surface area contributed by atoms with Gasteiger partial charge in [0.1, 0.15) is 0 Å². The smallest absolute Gasteiger partial charge is 0.243 e. The number of rotatable bonds is 5. The Kier molecular flexibility index (Phi) is 6.00. The maximum absolute atomic E-state index is 13.0. The van der Waals surface area contributed by atoms with Crippen molar-refractivity contribution in [1.82, 2.24) is 10.2 Å². The van der Waals surface area contributed by atoms with Crippen LogP contribution in [0.2, 0.25) is 0 Å². The Balaban J connectivity index is 1.73. The van der Waals surface area contributed by atoms with Crippen LogP contribution in [0.25, 0.3) is 0 Å². The zero-order valence-corrected chi connectivity index (χ0v) is 12.5. The summed E-state index contributed by atoms with van der Waals surface area (Å²) >= 11 is 0. The quantitative estimate of drug-likeness (QED) is 0.735. The van der Waals surface area contributed by atoms with Crippen LogP contribution in [0.5, 0.6) is 0 Å². The van der Waals surface area contributed by atoms with Gasteiger partial charge >= 0.3 is 0 Å². The van der Waals surface area contributed by atoms with Crippen molar-refractivity contribution in [3.63, 3.8) is 0 Å². The number of anilines is 1. The molecule has 1 saturated heterocycles. The van der Waals surface area contributed by atoms with Gasteiger partial charge < -0.3 is 15.7 Å². The number of aliphatic hydroxyl groups is 1. The molecule has 1 aliphatic rings. The van der Waals surface area contributed by atoms with Crippen molar-refractivity contribution in [2.24, 2.45) is 0 Å². The lowest BCUT2D eigenvalue weighted by Crippen LogP contribution is -2.45. The highest BCUT2D eigenvalue weighted by molar-refractivity contribution is 5.94. The number of carbonyl (C=O) groups is 2. The molecule has 0 bridgehead atoms. The predicted octanol–water partition coefficient (Wildman–Crippen LogP) is 0.476. The molecule has 2 amide bonds. The Labute approximate surface area is 132 Å². The maximum atomic E-state index is 13.0. The average Bonchev–Trinajstić information content (AvgIpc) is 2.49. The monoisotopic (exact) mass is 327 g/mol. The van der Waals surface area contributed by atoms with Crippen LogP contribution in [0.15, 0.2) is 18.2 Å². The molecule has 8 heteroatoms. The van der Waals surface area contributed by atoms with E-state index in [0.29, 0.717) is 6.54 Å². The Bertz CT molecular complexity index is 583. The van der Waals surface area contributed by atoms with E-state index < -0.39 is 23.6 Å². The molecule has 1 aromatic rings. The first-order valence-electron chi connectivity index (χ1n) is 7.36. The lowest BCUT2D eigenvalue weighted by molar-refractivity contribution is -0.125. The van der Waals surface area contributed by atoms with Gasteiger partial charge in [0.15, 0.2) is 11.6 Å². The minimum atomic E-state index is -1.06. The summed E-state index contributed by atoms with van der Waals surface area (Å²) in [6.45, 7) is 1.00. The normalized spacial score (nSPS) is 18.5. The predicted molar refractivity (Wildman–Crippen MR) is 79.7 cm³/mol. The summed E-state index contributed by atoms with van der Waals surface area (Å²) in [5, 5.41) is 14.3. The van der Waals surface area contributed by atoms with Crippen molar-refractivity contribution >= 4 is 17.5 Å². The Morgan fingerprint density at radius 1 is 1.26 bits per heavy atom. The van der Waals surface area contributed by atoms with E-state index in [2.05, 4.69) is 10.6 Å². The van der Waals surface area contributed by atoms with Crippen LogP contribution in [0, 0.1) is 11.6 Å². The highest BCUT2D eigenvalue weighted by Gasteiger charge is 2.19. The van der Waals surface area contributed by atoms with Gasteiger partial charge in [-0.3, -0.25) is 14.5 Å². The lowest BCUT2D eigenvalue weighted by atomic mass is 10.1. The molecular weight excluding hydrogens is 308 g/mol. The van der Waals surface area contributed by atoms with Gasteiger partial charge in [-0.1, -0.05) is 0 Å². The first-order valence-corrected chi connectivity index (χ1v) is 7.36. The summed E-state index contributed by atoms with van der Waals surface area (Å²) in [7, 11) is 0. The average molecular weight is 327 g/mol. The first-order chi connectivity index (χ1) is 10.9. The van der Waals surface area contributed by atoms with Crippen LogP contribution >= 0.6 is 0 Å². The number of β-amino-alcohol motifs (C(OH)–C–C–N with tert-alkyl or cyclic N) is 1. The number of hydrogen-bond donors (Lipinski definition) is 3. The third kappa shape index (κ3) is 5.57. The van der Waals surface area contributed by atoms with Gasteiger partial charge in [-0.05, 0) is 31.5 Å². The standard InChI is InChI=1S/C15H19F2N3O3/c16-12-4-3-10(6-13(12)17)19-14(22)7-18-15(23)9-20-5-1-2-11(21)8-20/h3-4,6,11,21H,1-2,5,7-9H2,(H,18,23)(H,19,22)/t11-/m0/s1. The van der Waals surface area contributed by atoms with Gasteiger partial charge in [0.05, 0.1) is 19.2 Å². The summed E-state index contributed by atoms with van der Waals surface area (Å²) in [6, 6.07) is 3.00. The summed E-state index contributed by atoms with van der Waals surface area (Å²) < 4.78 is 25.8. The zero-order chi connectivity index (χ0) is 16.8. The van der Waals surface area contributed by atoms with E-state index in [1.807, 2.05) is 4.90 Å². The van der Waals surface area contributed by atoms with E-state index in [4.69, 9.17) is 0 Å². The number of likely N-dealkylation sites (tertiary alicyclic amines) is 1. The largest absolute Gasteiger partial charge is 0.392 e. The molecule has 3 N–H and O–H groups in total. The molecule has 2 rings (SSSR count). The molecule has 0 saturated carbocycles. The molecule has 23 heavy (non-hydrogen) atoms. The van der Waals surface area contributed by atoms with Crippen molar-refractivity contribution in [2.45, 2.75) is 18.9 Å². The summed E-state index contributed by atoms with van der Waals surface area (Å²) in [5.74, 6) is -2.93. The number of carbonyl (C=O) groups excluding carboxylic acids is 2. The third-order valence-electron chi connectivity index (χ3n) is 3.50. The number of nitrogens with one attached hydrogen (secondary N) is 2. The second-order valence-electron chi connectivity index (χ2n) is 5.48. The van der Waals surface area contributed by atoms with Crippen molar-refractivity contribution in [3.8, 4) is 0 Å². The van der Waals surface area contributed by atoms with Gasteiger partial charge in [-0.15, -0.1) is 0 Å². The molecule has 6 nitrogen and oxygen atoms in total. The van der Waals surface area contributed by atoms with Crippen molar-refractivity contribution in [2.75, 3.05) is 31.5 Å². The summed E-state index contributed by atoms with van der Waals surface area (Å²) in [5.41, 5.74) is 0.113. The van der Waals surface area contributed by atoms with Gasteiger partial charge in [-0.2, -0.15) is 0 Å². The number of amides is 2. The highest BCUT2D eigenvalue weighted by Crippen LogP contribution is 2.12. The molecule has 0 aliphatic carbocycles.